The summed E-state index contributed by atoms with van der Waals surface area (Å²) in [6.07, 6.45) is 1.48. The van der Waals surface area contributed by atoms with Crippen molar-refractivity contribution in [2.24, 2.45) is 0 Å². The van der Waals surface area contributed by atoms with Gasteiger partial charge in [-0.25, -0.2) is 0 Å². The Morgan fingerprint density at radius 2 is 1.95 bits per heavy atom. The van der Waals surface area contributed by atoms with Gasteiger partial charge in [0, 0.05) is 31.2 Å². The summed E-state index contributed by atoms with van der Waals surface area (Å²) >= 11 is 0. The van der Waals surface area contributed by atoms with Crippen molar-refractivity contribution in [2.75, 3.05) is 19.6 Å². The Labute approximate surface area is 136 Å². The Kier molecular flexibility index (Phi) is 5.08. The highest BCUT2D eigenvalue weighted by Gasteiger charge is 2.53. The van der Waals surface area contributed by atoms with Crippen molar-refractivity contribution < 1.29 is 9.59 Å². The lowest BCUT2D eigenvalue weighted by atomic mass is 10.1. The predicted octanol–water partition coefficient (Wildman–Crippen LogP) is 1.19. The third-order valence-corrected chi connectivity index (χ3v) is 4.20. The Balaban J connectivity index is 0.00000176. The van der Waals surface area contributed by atoms with Crippen molar-refractivity contribution in [3.8, 4) is 0 Å². The summed E-state index contributed by atoms with van der Waals surface area (Å²) in [5, 5.41) is 6.27. The molecular weight excluding hydrogens is 302 g/mol. The van der Waals surface area contributed by atoms with Crippen molar-refractivity contribution in [3.63, 3.8) is 0 Å². The summed E-state index contributed by atoms with van der Waals surface area (Å²) in [6, 6.07) is 9.37. The zero-order valence-corrected chi connectivity index (χ0v) is 13.5. The van der Waals surface area contributed by atoms with E-state index in [1.54, 1.807) is 12.1 Å². The van der Waals surface area contributed by atoms with Crippen molar-refractivity contribution in [1.29, 1.82) is 0 Å². The molecule has 0 radical (unpaired) electrons. The summed E-state index contributed by atoms with van der Waals surface area (Å²) in [7, 11) is 0. The van der Waals surface area contributed by atoms with Crippen LogP contribution in [0.2, 0.25) is 0 Å². The summed E-state index contributed by atoms with van der Waals surface area (Å²) in [5.74, 6) is -0.0928. The molecule has 3 rings (SSSR count). The quantitative estimate of drug-likeness (QED) is 0.878. The molecule has 5 nitrogen and oxygen atoms in total. The average Bonchev–Trinajstić information content (AvgIpc) is 3.28. The number of carbonyl (C=O) groups excluding carboxylic acids is 2. The third kappa shape index (κ3) is 3.42. The monoisotopic (exact) mass is 323 g/mol. The summed E-state index contributed by atoms with van der Waals surface area (Å²) in [4.78, 5) is 26.8. The van der Waals surface area contributed by atoms with Crippen molar-refractivity contribution in [2.45, 2.75) is 31.3 Å². The van der Waals surface area contributed by atoms with Gasteiger partial charge in [0.2, 0.25) is 5.91 Å². The minimum Gasteiger partial charge on any atom is -0.338 e. The van der Waals surface area contributed by atoms with Gasteiger partial charge in [-0.3, -0.25) is 9.59 Å². The van der Waals surface area contributed by atoms with Gasteiger partial charge in [-0.2, -0.15) is 0 Å². The number of hydrogen-bond acceptors (Lipinski definition) is 3. The molecule has 2 N–H and O–H groups in total. The Morgan fingerprint density at radius 1 is 1.27 bits per heavy atom. The van der Waals surface area contributed by atoms with Crippen LogP contribution >= 0.6 is 12.4 Å². The molecule has 1 unspecified atom stereocenters. The molecule has 120 valence electrons. The number of benzene rings is 1. The van der Waals surface area contributed by atoms with E-state index >= 15 is 0 Å². The first kappa shape index (κ1) is 16.8. The molecule has 2 aliphatic rings. The fourth-order valence-corrected chi connectivity index (χ4v) is 2.82. The van der Waals surface area contributed by atoms with Crippen LogP contribution in [0.3, 0.4) is 0 Å². The molecule has 22 heavy (non-hydrogen) atoms. The van der Waals surface area contributed by atoms with Crippen LogP contribution in [-0.4, -0.2) is 47.9 Å². The van der Waals surface area contributed by atoms with Crippen molar-refractivity contribution >= 4 is 24.2 Å². The number of halogens is 1. The maximum absolute atomic E-state index is 12.7. The summed E-state index contributed by atoms with van der Waals surface area (Å²) in [6.45, 7) is 4.31. The number of rotatable bonds is 3. The molecule has 2 amide bonds. The molecule has 1 aliphatic carbocycles. The third-order valence-electron chi connectivity index (χ3n) is 4.20. The van der Waals surface area contributed by atoms with Crippen LogP contribution in [0.25, 0.3) is 0 Å². The topological polar surface area (TPSA) is 61.4 Å². The van der Waals surface area contributed by atoms with Gasteiger partial charge in [0.1, 0.15) is 5.54 Å². The van der Waals surface area contributed by atoms with Gasteiger partial charge in [0.05, 0.1) is 0 Å². The lowest BCUT2D eigenvalue weighted by molar-refractivity contribution is -0.135. The Bertz CT molecular complexity index is 546. The van der Waals surface area contributed by atoms with E-state index < -0.39 is 5.54 Å². The van der Waals surface area contributed by atoms with Gasteiger partial charge in [-0.05, 0) is 31.9 Å². The van der Waals surface area contributed by atoms with Crippen LogP contribution in [0.15, 0.2) is 30.3 Å². The molecule has 1 atom stereocenters. The number of nitrogens with zero attached hydrogens (tertiary/aromatic N) is 1. The van der Waals surface area contributed by atoms with E-state index in [0.717, 1.165) is 19.4 Å². The second-order valence-corrected chi connectivity index (χ2v) is 6.01. The molecule has 6 heteroatoms. The zero-order valence-electron chi connectivity index (χ0n) is 12.7. The normalized spacial score (nSPS) is 22.4. The number of piperazine rings is 1. The number of amides is 2. The Morgan fingerprint density at radius 3 is 2.55 bits per heavy atom. The molecule has 1 saturated carbocycles. The fraction of sp³-hybridized carbons (Fsp3) is 0.500. The van der Waals surface area contributed by atoms with Gasteiger partial charge in [0.15, 0.2) is 0 Å². The molecule has 1 saturated heterocycles. The van der Waals surface area contributed by atoms with Crippen molar-refractivity contribution in [3.05, 3.63) is 35.9 Å². The number of nitrogens with one attached hydrogen (secondary N) is 2. The van der Waals surface area contributed by atoms with E-state index in [9.17, 15) is 9.59 Å². The molecule has 1 heterocycles. The highest BCUT2D eigenvalue weighted by Crippen LogP contribution is 2.37. The average molecular weight is 324 g/mol. The number of hydrogen-bond donors (Lipinski definition) is 2. The maximum Gasteiger partial charge on any atom is 0.252 e. The molecule has 2 fully saturated rings. The van der Waals surface area contributed by atoms with Crippen LogP contribution < -0.4 is 10.6 Å². The van der Waals surface area contributed by atoms with Crippen LogP contribution in [-0.2, 0) is 4.79 Å². The summed E-state index contributed by atoms with van der Waals surface area (Å²) in [5.41, 5.74) is -0.0606. The van der Waals surface area contributed by atoms with Crippen LogP contribution in [0, 0.1) is 0 Å². The van der Waals surface area contributed by atoms with Gasteiger partial charge in [-0.15, -0.1) is 12.4 Å². The fourth-order valence-electron chi connectivity index (χ4n) is 2.82. The minimum absolute atomic E-state index is 0. The second-order valence-electron chi connectivity index (χ2n) is 6.01. The Hall–Kier alpha value is -1.59. The molecule has 1 aromatic rings. The van der Waals surface area contributed by atoms with Gasteiger partial charge in [-0.1, -0.05) is 18.2 Å². The van der Waals surface area contributed by atoms with E-state index in [1.165, 1.54) is 0 Å². The van der Waals surface area contributed by atoms with Crippen molar-refractivity contribution in [1.82, 2.24) is 15.5 Å². The van der Waals surface area contributed by atoms with E-state index in [-0.39, 0.29) is 24.2 Å². The summed E-state index contributed by atoms with van der Waals surface area (Å²) < 4.78 is 0. The lowest BCUT2D eigenvalue weighted by Crippen LogP contribution is -2.57. The molecular formula is C16H22ClN3O2. The molecule has 1 aliphatic heterocycles. The minimum atomic E-state index is -0.663. The first-order valence-corrected chi connectivity index (χ1v) is 7.51. The maximum atomic E-state index is 12.7. The van der Waals surface area contributed by atoms with Crippen LogP contribution in [0.4, 0.5) is 0 Å². The first-order chi connectivity index (χ1) is 10.1. The van der Waals surface area contributed by atoms with Gasteiger partial charge < -0.3 is 15.5 Å². The molecule has 1 aromatic carbocycles. The molecule has 0 aromatic heterocycles. The number of carbonyl (C=O) groups is 2. The highest BCUT2D eigenvalue weighted by molar-refractivity contribution is 6.00. The SMILES string of the molecule is CC1CN(C(=O)C2(NC(=O)c3ccccc3)CC2)CCN1.Cl. The highest BCUT2D eigenvalue weighted by atomic mass is 35.5. The zero-order chi connectivity index (χ0) is 14.9. The van der Waals surface area contributed by atoms with Crippen LogP contribution in [0.5, 0.6) is 0 Å². The van der Waals surface area contributed by atoms with E-state index in [2.05, 4.69) is 17.6 Å². The van der Waals surface area contributed by atoms with E-state index in [4.69, 9.17) is 0 Å². The second kappa shape index (κ2) is 6.67. The van der Waals surface area contributed by atoms with E-state index in [1.807, 2.05) is 23.1 Å². The van der Waals surface area contributed by atoms with E-state index in [0.29, 0.717) is 24.7 Å². The molecule has 0 bridgehead atoms. The van der Waals surface area contributed by atoms with Gasteiger partial charge >= 0.3 is 0 Å². The first-order valence-electron chi connectivity index (χ1n) is 7.51. The smallest absolute Gasteiger partial charge is 0.252 e. The predicted molar refractivity (Wildman–Crippen MR) is 87.2 cm³/mol. The lowest BCUT2D eigenvalue weighted by Gasteiger charge is -2.34. The van der Waals surface area contributed by atoms with Crippen LogP contribution in [0.1, 0.15) is 30.1 Å². The molecule has 0 spiro atoms. The largest absolute Gasteiger partial charge is 0.338 e. The van der Waals surface area contributed by atoms with Gasteiger partial charge in [0.25, 0.3) is 5.91 Å². The standard InChI is InChI=1S/C16H21N3O2.ClH/c1-12-11-19(10-9-17-12)15(21)16(7-8-16)18-14(20)13-5-3-2-4-6-13;/h2-6,12,17H,7-11H2,1H3,(H,18,20);1H.